The molecule has 1 aromatic carbocycles. The molecule has 0 amide bonds. The number of alkyl halides is 2. The first-order chi connectivity index (χ1) is 6.09. The molecule has 1 rings (SSSR count). The molecule has 2 nitrogen and oxygen atoms in total. The van der Waals surface area contributed by atoms with Gasteiger partial charge in [0.05, 0.1) is 0 Å². The molecule has 0 saturated carbocycles. The molecule has 0 aromatic heterocycles. The van der Waals surface area contributed by atoms with Crippen molar-refractivity contribution < 1.29 is 9.53 Å². The molecule has 70 valence electrons. The van der Waals surface area contributed by atoms with Crippen LogP contribution in [0.2, 0.25) is 0 Å². The summed E-state index contributed by atoms with van der Waals surface area (Å²) in [4.78, 5) is 10.0. The van der Waals surface area contributed by atoms with Crippen molar-refractivity contribution in [3.8, 4) is 5.75 Å². The van der Waals surface area contributed by atoms with Gasteiger partial charge in [0.1, 0.15) is 10.6 Å². The highest BCUT2D eigenvalue weighted by molar-refractivity contribution is 6.44. The van der Waals surface area contributed by atoms with E-state index in [2.05, 4.69) is 0 Å². The predicted molar refractivity (Wildman–Crippen MR) is 52.2 cm³/mol. The summed E-state index contributed by atoms with van der Waals surface area (Å²) >= 11 is 11.3. The molecular weight excluding hydrogens is 211 g/mol. The van der Waals surface area contributed by atoms with Crippen LogP contribution in [-0.2, 0) is 4.79 Å². The van der Waals surface area contributed by atoms with Crippen molar-refractivity contribution in [2.24, 2.45) is 0 Å². The van der Waals surface area contributed by atoms with Crippen molar-refractivity contribution in [3.63, 3.8) is 0 Å². The fraction of sp³-hybridized carbons (Fsp3) is 0.222. The lowest BCUT2D eigenvalue weighted by Gasteiger charge is -2.04. The van der Waals surface area contributed by atoms with E-state index >= 15 is 0 Å². The second-order valence-corrected chi connectivity index (χ2v) is 3.56. The van der Waals surface area contributed by atoms with Crippen molar-refractivity contribution >= 4 is 29.2 Å². The number of halogens is 2. The standard InChI is InChI=1S/C9H8Cl2O2/c1-6(12)13-8-4-2-3-7(5-8)9(10)11/h2-5,9H,1H3. The minimum absolute atomic E-state index is 0.363. The van der Waals surface area contributed by atoms with Crippen LogP contribution in [-0.4, -0.2) is 5.97 Å². The van der Waals surface area contributed by atoms with Gasteiger partial charge in [-0.25, -0.2) is 0 Å². The quantitative estimate of drug-likeness (QED) is 0.434. The zero-order chi connectivity index (χ0) is 9.84. The van der Waals surface area contributed by atoms with Crippen LogP contribution in [0.25, 0.3) is 0 Å². The Kier molecular flexibility index (Phi) is 3.58. The maximum atomic E-state index is 10.6. The first-order valence-electron chi connectivity index (χ1n) is 3.66. The second kappa shape index (κ2) is 4.49. The second-order valence-electron chi connectivity index (χ2n) is 2.47. The van der Waals surface area contributed by atoms with E-state index in [1.807, 2.05) is 0 Å². The van der Waals surface area contributed by atoms with Gasteiger partial charge in [0, 0.05) is 6.92 Å². The van der Waals surface area contributed by atoms with E-state index in [-0.39, 0.29) is 5.97 Å². The lowest BCUT2D eigenvalue weighted by molar-refractivity contribution is -0.131. The van der Waals surface area contributed by atoms with Gasteiger partial charge in [0.2, 0.25) is 0 Å². The van der Waals surface area contributed by atoms with Gasteiger partial charge >= 0.3 is 5.97 Å². The summed E-state index contributed by atoms with van der Waals surface area (Å²) in [6.07, 6.45) is 0. The summed E-state index contributed by atoms with van der Waals surface area (Å²) in [5, 5.41) is 0. The first-order valence-corrected chi connectivity index (χ1v) is 4.53. The number of benzene rings is 1. The Hall–Kier alpha value is -0.730. The number of ether oxygens (including phenoxy) is 1. The predicted octanol–water partition coefficient (Wildman–Crippen LogP) is 3.09. The Morgan fingerprint density at radius 3 is 2.69 bits per heavy atom. The van der Waals surface area contributed by atoms with Gasteiger partial charge in [-0.3, -0.25) is 4.79 Å². The van der Waals surface area contributed by atoms with Crippen LogP contribution < -0.4 is 4.74 Å². The van der Waals surface area contributed by atoms with E-state index < -0.39 is 4.84 Å². The van der Waals surface area contributed by atoms with Crippen molar-refractivity contribution in [1.82, 2.24) is 0 Å². The van der Waals surface area contributed by atoms with E-state index in [4.69, 9.17) is 27.9 Å². The van der Waals surface area contributed by atoms with E-state index in [9.17, 15) is 4.79 Å². The van der Waals surface area contributed by atoms with Gasteiger partial charge in [0.15, 0.2) is 0 Å². The fourth-order valence-electron chi connectivity index (χ4n) is 0.880. The molecule has 0 atom stereocenters. The molecule has 1 aromatic rings. The first kappa shape index (κ1) is 10.4. The third-order valence-corrected chi connectivity index (χ3v) is 1.88. The average Bonchev–Trinajstić information content (AvgIpc) is 2.03. The number of rotatable bonds is 2. The van der Waals surface area contributed by atoms with Crippen LogP contribution in [0.4, 0.5) is 0 Å². The topological polar surface area (TPSA) is 26.3 Å². The number of carbonyl (C=O) groups excluding carboxylic acids is 1. The molecule has 0 aliphatic rings. The zero-order valence-corrected chi connectivity index (χ0v) is 8.47. The minimum Gasteiger partial charge on any atom is -0.427 e. The van der Waals surface area contributed by atoms with Crippen LogP contribution in [0.1, 0.15) is 17.3 Å². The van der Waals surface area contributed by atoms with E-state index in [0.717, 1.165) is 0 Å². The van der Waals surface area contributed by atoms with Gasteiger partial charge in [0.25, 0.3) is 0 Å². The molecule has 0 aliphatic carbocycles. The van der Waals surface area contributed by atoms with Gasteiger partial charge in [-0.2, -0.15) is 0 Å². The van der Waals surface area contributed by atoms with Crippen LogP contribution in [0.5, 0.6) is 5.75 Å². The Labute approximate surface area is 86.4 Å². The smallest absolute Gasteiger partial charge is 0.308 e. The lowest BCUT2D eigenvalue weighted by Crippen LogP contribution is -2.01. The van der Waals surface area contributed by atoms with Crippen molar-refractivity contribution in [2.75, 3.05) is 0 Å². The summed E-state index contributed by atoms with van der Waals surface area (Å²) in [5.74, 6) is 0.0918. The van der Waals surface area contributed by atoms with E-state index in [0.29, 0.717) is 11.3 Å². The maximum absolute atomic E-state index is 10.6. The van der Waals surface area contributed by atoms with Gasteiger partial charge in [-0.1, -0.05) is 12.1 Å². The molecule has 0 bridgehead atoms. The summed E-state index contributed by atoms with van der Waals surface area (Å²) in [6, 6.07) is 6.79. The molecule has 0 spiro atoms. The molecule has 0 aliphatic heterocycles. The van der Waals surface area contributed by atoms with Crippen LogP contribution in [0, 0.1) is 0 Å². The Morgan fingerprint density at radius 1 is 1.46 bits per heavy atom. The molecule has 0 heterocycles. The summed E-state index contributed by atoms with van der Waals surface area (Å²) < 4.78 is 4.85. The van der Waals surface area contributed by atoms with Gasteiger partial charge in [-0.05, 0) is 17.7 Å². The van der Waals surface area contributed by atoms with Gasteiger partial charge < -0.3 is 4.74 Å². The Morgan fingerprint density at radius 2 is 2.15 bits per heavy atom. The number of esters is 1. The van der Waals surface area contributed by atoms with Gasteiger partial charge in [-0.15, -0.1) is 23.2 Å². The van der Waals surface area contributed by atoms with E-state index in [1.54, 1.807) is 24.3 Å². The largest absolute Gasteiger partial charge is 0.427 e. The number of carbonyl (C=O) groups is 1. The molecular formula is C9H8Cl2O2. The van der Waals surface area contributed by atoms with E-state index in [1.165, 1.54) is 6.92 Å². The van der Waals surface area contributed by atoms with Crippen molar-refractivity contribution in [2.45, 2.75) is 11.8 Å². The Bertz CT molecular complexity index is 310. The molecule has 0 unspecified atom stereocenters. The summed E-state index contributed by atoms with van der Waals surface area (Å²) in [7, 11) is 0. The van der Waals surface area contributed by atoms with Crippen molar-refractivity contribution in [3.05, 3.63) is 29.8 Å². The average molecular weight is 219 g/mol. The third kappa shape index (κ3) is 3.25. The van der Waals surface area contributed by atoms with Crippen LogP contribution in [0.15, 0.2) is 24.3 Å². The highest BCUT2D eigenvalue weighted by Gasteiger charge is 2.05. The molecule has 0 saturated heterocycles. The highest BCUT2D eigenvalue weighted by Crippen LogP contribution is 2.27. The lowest BCUT2D eigenvalue weighted by atomic mass is 10.2. The number of hydrogen-bond acceptors (Lipinski definition) is 2. The number of hydrogen-bond donors (Lipinski definition) is 0. The molecule has 13 heavy (non-hydrogen) atoms. The molecule has 0 fully saturated rings. The van der Waals surface area contributed by atoms with Crippen LogP contribution in [0.3, 0.4) is 0 Å². The monoisotopic (exact) mass is 218 g/mol. The highest BCUT2D eigenvalue weighted by atomic mass is 35.5. The Balaban J connectivity index is 2.85. The normalized spacial score (nSPS) is 10.2. The van der Waals surface area contributed by atoms with Crippen molar-refractivity contribution in [1.29, 1.82) is 0 Å². The SMILES string of the molecule is CC(=O)Oc1cccc(C(Cl)Cl)c1. The molecule has 0 radical (unpaired) electrons. The molecule has 0 N–H and O–H groups in total. The third-order valence-electron chi connectivity index (χ3n) is 1.37. The molecule has 4 heteroatoms. The summed E-state index contributed by atoms with van der Waals surface area (Å²) in [5.41, 5.74) is 0.710. The van der Waals surface area contributed by atoms with Crippen LogP contribution >= 0.6 is 23.2 Å². The fourth-order valence-corrected chi connectivity index (χ4v) is 1.15. The maximum Gasteiger partial charge on any atom is 0.308 e. The summed E-state index contributed by atoms with van der Waals surface area (Å²) in [6.45, 7) is 1.34. The minimum atomic E-state index is -0.601. The zero-order valence-electron chi connectivity index (χ0n) is 6.96.